The first-order valence-corrected chi connectivity index (χ1v) is 9.47. The molecular weight excluding hydrogens is 363 g/mol. The van der Waals surface area contributed by atoms with Crippen LogP contribution in [-0.4, -0.2) is 17.5 Å². The van der Waals surface area contributed by atoms with Crippen molar-refractivity contribution in [1.82, 2.24) is 4.98 Å². The van der Waals surface area contributed by atoms with Crippen molar-refractivity contribution >= 4 is 23.4 Å². The number of hydrogen-bond donors (Lipinski definition) is 1. The Labute approximate surface area is 161 Å². The van der Waals surface area contributed by atoms with Crippen LogP contribution in [0.1, 0.15) is 12.0 Å². The molecule has 4 nitrogen and oxygen atoms in total. The van der Waals surface area contributed by atoms with Crippen LogP contribution in [0.25, 0.3) is 0 Å². The van der Waals surface area contributed by atoms with Crippen molar-refractivity contribution < 1.29 is 13.9 Å². The second-order valence-electron chi connectivity index (χ2n) is 5.77. The van der Waals surface area contributed by atoms with Crippen molar-refractivity contribution in [3.63, 3.8) is 0 Å². The molecule has 0 aliphatic rings. The topological polar surface area (TPSA) is 51.2 Å². The number of aromatic nitrogens is 1. The van der Waals surface area contributed by atoms with Crippen molar-refractivity contribution in [2.45, 2.75) is 17.1 Å². The third-order valence-electron chi connectivity index (χ3n) is 3.68. The fourth-order valence-corrected chi connectivity index (χ4v) is 3.13. The number of anilines is 1. The Bertz CT molecular complexity index is 856. The number of nitrogens with zero attached hydrogens (tertiary/aromatic N) is 1. The van der Waals surface area contributed by atoms with Gasteiger partial charge in [-0.05, 0) is 60.2 Å². The number of benzene rings is 2. The SMILES string of the molecule is O=C(CCOc1ccc(F)cc1)Nc1ccc(SCc2cccnc2)cc1. The van der Waals surface area contributed by atoms with E-state index in [1.54, 1.807) is 18.0 Å². The fraction of sp³-hybridized carbons (Fsp3) is 0.143. The Hall–Kier alpha value is -2.86. The van der Waals surface area contributed by atoms with E-state index in [-0.39, 0.29) is 24.8 Å². The maximum absolute atomic E-state index is 12.8. The Morgan fingerprint density at radius 1 is 1.07 bits per heavy atom. The molecule has 0 aliphatic heterocycles. The monoisotopic (exact) mass is 382 g/mol. The molecule has 0 unspecified atom stereocenters. The van der Waals surface area contributed by atoms with Crippen LogP contribution in [0.2, 0.25) is 0 Å². The smallest absolute Gasteiger partial charge is 0.227 e. The molecule has 2 aromatic carbocycles. The average Bonchev–Trinajstić information content (AvgIpc) is 2.70. The predicted octanol–water partition coefficient (Wildman–Crippen LogP) is 4.92. The average molecular weight is 382 g/mol. The zero-order valence-electron chi connectivity index (χ0n) is 14.6. The maximum atomic E-state index is 12.8. The molecule has 3 aromatic rings. The molecule has 0 spiro atoms. The second-order valence-corrected chi connectivity index (χ2v) is 6.82. The predicted molar refractivity (Wildman–Crippen MR) is 105 cm³/mol. The number of ether oxygens (including phenoxy) is 1. The van der Waals surface area contributed by atoms with Gasteiger partial charge in [-0.15, -0.1) is 11.8 Å². The summed E-state index contributed by atoms with van der Waals surface area (Å²) in [6, 6.07) is 17.4. The van der Waals surface area contributed by atoms with E-state index in [1.807, 2.05) is 42.6 Å². The number of amides is 1. The number of thioether (sulfide) groups is 1. The maximum Gasteiger partial charge on any atom is 0.227 e. The van der Waals surface area contributed by atoms with E-state index in [0.29, 0.717) is 5.75 Å². The van der Waals surface area contributed by atoms with E-state index in [2.05, 4.69) is 10.3 Å². The fourth-order valence-electron chi connectivity index (χ4n) is 2.30. The summed E-state index contributed by atoms with van der Waals surface area (Å²) in [4.78, 5) is 17.2. The van der Waals surface area contributed by atoms with Gasteiger partial charge in [-0.3, -0.25) is 9.78 Å². The number of rotatable bonds is 8. The minimum atomic E-state index is -0.317. The van der Waals surface area contributed by atoms with Gasteiger partial charge in [-0.2, -0.15) is 0 Å². The van der Waals surface area contributed by atoms with Crippen molar-refractivity contribution in [2.24, 2.45) is 0 Å². The minimum Gasteiger partial charge on any atom is -0.493 e. The second kappa shape index (κ2) is 9.73. The van der Waals surface area contributed by atoms with E-state index in [1.165, 1.54) is 29.8 Å². The summed E-state index contributed by atoms with van der Waals surface area (Å²) in [7, 11) is 0. The van der Waals surface area contributed by atoms with Gasteiger partial charge in [0.25, 0.3) is 0 Å². The summed E-state index contributed by atoms with van der Waals surface area (Å²) in [6.07, 6.45) is 3.83. The lowest BCUT2D eigenvalue weighted by Crippen LogP contribution is -2.15. The zero-order chi connectivity index (χ0) is 18.9. The van der Waals surface area contributed by atoms with Gasteiger partial charge >= 0.3 is 0 Å². The highest BCUT2D eigenvalue weighted by atomic mass is 32.2. The molecule has 1 N–H and O–H groups in total. The van der Waals surface area contributed by atoms with Gasteiger partial charge in [-0.25, -0.2) is 4.39 Å². The number of carbonyl (C=O) groups is 1. The van der Waals surface area contributed by atoms with Crippen molar-refractivity contribution in [3.05, 3.63) is 84.4 Å². The molecule has 1 heterocycles. The molecule has 0 saturated heterocycles. The summed E-state index contributed by atoms with van der Waals surface area (Å²) in [5, 5.41) is 2.84. The highest BCUT2D eigenvalue weighted by molar-refractivity contribution is 7.98. The van der Waals surface area contributed by atoms with Crippen molar-refractivity contribution in [1.29, 1.82) is 0 Å². The van der Waals surface area contributed by atoms with Gasteiger partial charge in [0.15, 0.2) is 0 Å². The first-order valence-electron chi connectivity index (χ1n) is 8.49. The quantitative estimate of drug-likeness (QED) is 0.562. The van der Waals surface area contributed by atoms with Gasteiger partial charge < -0.3 is 10.1 Å². The van der Waals surface area contributed by atoms with Crippen LogP contribution in [-0.2, 0) is 10.5 Å². The molecule has 0 saturated carbocycles. The first kappa shape index (κ1) is 18.9. The normalized spacial score (nSPS) is 10.4. The molecule has 6 heteroatoms. The Balaban J connectivity index is 1.40. The Morgan fingerprint density at radius 3 is 2.56 bits per heavy atom. The molecule has 3 rings (SSSR count). The van der Waals surface area contributed by atoms with Crippen LogP contribution in [0.4, 0.5) is 10.1 Å². The molecule has 27 heavy (non-hydrogen) atoms. The highest BCUT2D eigenvalue weighted by Gasteiger charge is 2.04. The molecular formula is C21H19FN2O2S. The number of nitrogens with one attached hydrogen (secondary N) is 1. The molecule has 0 bridgehead atoms. The van der Waals surface area contributed by atoms with Gasteiger partial charge in [0, 0.05) is 28.7 Å². The Morgan fingerprint density at radius 2 is 1.85 bits per heavy atom. The summed E-state index contributed by atoms with van der Waals surface area (Å²) in [5.74, 6) is 0.939. The zero-order valence-corrected chi connectivity index (χ0v) is 15.4. The summed E-state index contributed by atoms with van der Waals surface area (Å²) in [6.45, 7) is 0.233. The molecule has 1 amide bonds. The lowest BCUT2D eigenvalue weighted by Gasteiger charge is -2.08. The Kier molecular flexibility index (Phi) is 6.82. The van der Waals surface area contributed by atoms with Gasteiger partial charge in [0.1, 0.15) is 11.6 Å². The largest absolute Gasteiger partial charge is 0.493 e. The van der Waals surface area contributed by atoms with Gasteiger partial charge in [-0.1, -0.05) is 6.07 Å². The number of hydrogen-bond acceptors (Lipinski definition) is 4. The van der Waals surface area contributed by atoms with Crippen molar-refractivity contribution in [3.8, 4) is 5.75 Å². The number of carbonyl (C=O) groups excluding carboxylic acids is 1. The highest BCUT2D eigenvalue weighted by Crippen LogP contribution is 2.24. The van der Waals surface area contributed by atoms with Crippen LogP contribution in [0.15, 0.2) is 78.0 Å². The molecule has 0 atom stereocenters. The van der Waals surface area contributed by atoms with Crippen LogP contribution in [0, 0.1) is 5.82 Å². The standard InChI is InChI=1S/C21H19FN2O2S/c22-17-3-7-19(8-4-17)26-13-11-21(25)24-18-5-9-20(10-6-18)27-15-16-2-1-12-23-14-16/h1-10,12,14H,11,13,15H2,(H,24,25). The lowest BCUT2D eigenvalue weighted by molar-refractivity contribution is -0.116. The first-order chi connectivity index (χ1) is 13.2. The molecule has 0 aliphatic carbocycles. The van der Waals surface area contributed by atoms with Gasteiger partial charge in [0.05, 0.1) is 13.0 Å². The van der Waals surface area contributed by atoms with Crippen LogP contribution in [0.3, 0.4) is 0 Å². The molecule has 138 valence electrons. The van der Waals surface area contributed by atoms with E-state index >= 15 is 0 Å². The third-order valence-corrected chi connectivity index (χ3v) is 4.76. The summed E-state index contributed by atoms with van der Waals surface area (Å²) in [5.41, 5.74) is 1.91. The van der Waals surface area contributed by atoms with E-state index in [4.69, 9.17) is 4.74 Å². The van der Waals surface area contributed by atoms with E-state index in [0.717, 1.165) is 16.3 Å². The summed E-state index contributed by atoms with van der Waals surface area (Å²) < 4.78 is 18.2. The third kappa shape index (κ3) is 6.42. The molecule has 0 radical (unpaired) electrons. The van der Waals surface area contributed by atoms with Crippen molar-refractivity contribution in [2.75, 3.05) is 11.9 Å². The van der Waals surface area contributed by atoms with Gasteiger partial charge in [0.2, 0.25) is 5.91 Å². The number of pyridine rings is 1. The van der Waals surface area contributed by atoms with Crippen LogP contribution in [0.5, 0.6) is 5.75 Å². The molecule has 0 fully saturated rings. The lowest BCUT2D eigenvalue weighted by atomic mass is 10.3. The van der Waals surface area contributed by atoms with E-state index < -0.39 is 0 Å². The summed E-state index contributed by atoms with van der Waals surface area (Å²) >= 11 is 1.71. The van der Waals surface area contributed by atoms with Crippen LogP contribution < -0.4 is 10.1 Å². The minimum absolute atomic E-state index is 0.132. The number of halogens is 1. The van der Waals surface area contributed by atoms with Crippen LogP contribution >= 0.6 is 11.8 Å². The molecule has 1 aromatic heterocycles. The van der Waals surface area contributed by atoms with E-state index in [9.17, 15) is 9.18 Å².